The van der Waals surface area contributed by atoms with Crippen LogP contribution in [0.2, 0.25) is 0 Å². The highest BCUT2D eigenvalue weighted by Crippen LogP contribution is 2.05. The average Bonchev–Trinajstić information content (AvgIpc) is 2.15. The number of hydrogen-bond donors (Lipinski definition) is 0. The minimum absolute atomic E-state index is 0.149. The number of benzene rings is 1. The molecule has 76 valence electrons. The maximum Gasteiger partial charge on any atom is 0.338 e. The van der Waals surface area contributed by atoms with Crippen LogP contribution < -0.4 is 0 Å². The molecule has 1 aromatic rings. The second-order valence-corrected chi connectivity index (χ2v) is 3.99. The number of esters is 1. The minimum atomic E-state index is -0.322. The van der Waals surface area contributed by atoms with Crippen LogP contribution in [-0.4, -0.2) is 18.0 Å². The van der Waals surface area contributed by atoms with E-state index in [9.17, 15) is 4.79 Å². The van der Waals surface area contributed by atoms with Gasteiger partial charge in [-0.3, -0.25) is 0 Å². The highest BCUT2D eigenvalue weighted by atomic mass is 35.5. The Morgan fingerprint density at radius 1 is 1.43 bits per heavy atom. The van der Waals surface area contributed by atoms with E-state index in [2.05, 4.69) is 0 Å². The molecule has 0 heterocycles. The lowest BCUT2D eigenvalue weighted by Crippen LogP contribution is -2.11. The summed E-state index contributed by atoms with van der Waals surface area (Å²) in [6, 6.07) is 7.24. The van der Waals surface area contributed by atoms with Gasteiger partial charge in [-0.2, -0.15) is 0 Å². The van der Waals surface area contributed by atoms with Crippen molar-refractivity contribution >= 4 is 17.6 Å². The Kier molecular flexibility index (Phi) is 3.96. The molecule has 0 aromatic heterocycles. The summed E-state index contributed by atoms with van der Waals surface area (Å²) in [4.78, 5) is 11.4. The summed E-state index contributed by atoms with van der Waals surface area (Å²) in [5.74, 6) is -0.322. The van der Waals surface area contributed by atoms with Crippen molar-refractivity contribution < 1.29 is 9.53 Å². The van der Waals surface area contributed by atoms with Gasteiger partial charge in [-0.1, -0.05) is 17.7 Å². The first kappa shape index (κ1) is 11.1. The Labute approximate surface area is 88.8 Å². The van der Waals surface area contributed by atoms with E-state index in [0.717, 1.165) is 5.56 Å². The Balaban J connectivity index is 2.57. The van der Waals surface area contributed by atoms with Crippen molar-refractivity contribution in [2.75, 3.05) is 6.61 Å². The summed E-state index contributed by atoms with van der Waals surface area (Å²) in [6.07, 6.45) is 0. The van der Waals surface area contributed by atoms with Gasteiger partial charge in [-0.05, 0) is 26.0 Å². The van der Waals surface area contributed by atoms with Crippen LogP contribution in [0.3, 0.4) is 0 Å². The van der Waals surface area contributed by atoms with Crippen molar-refractivity contribution in [2.24, 2.45) is 0 Å². The molecule has 1 aromatic carbocycles. The summed E-state index contributed by atoms with van der Waals surface area (Å²) >= 11 is 5.66. The van der Waals surface area contributed by atoms with E-state index in [1.54, 1.807) is 19.1 Å². The summed E-state index contributed by atoms with van der Waals surface area (Å²) < 4.78 is 4.96. The fourth-order valence-electron chi connectivity index (χ4n) is 0.963. The quantitative estimate of drug-likeness (QED) is 0.569. The fraction of sp³-hybridized carbons (Fsp3) is 0.364. The molecule has 2 nitrogen and oxygen atoms in total. The zero-order valence-electron chi connectivity index (χ0n) is 8.29. The van der Waals surface area contributed by atoms with Gasteiger partial charge < -0.3 is 4.74 Å². The first-order valence-corrected chi connectivity index (χ1v) is 4.91. The van der Waals surface area contributed by atoms with E-state index in [0.29, 0.717) is 5.56 Å². The molecule has 1 unspecified atom stereocenters. The fourth-order valence-corrected chi connectivity index (χ4v) is 1.03. The van der Waals surface area contributed by atoms with E-state index >= 15 is 0 Å². The Bertz CT molecular complexity index is 304. The topological polar surface area (TPSA) is 26.3 Å². The largest absolute Gasteiger partial charge is 0.461 e. The SMILES string of the molecule is Cc1ccc(C(=O)OCC(C)Cl)cc1. The van der Waals surface area contributed by atoms with Crippen molar-refractivity contribution in [3.8, 4) is 0 Å². The first-order chi connectivity index (χ1) is 6.59. The van der Waals surface area contributed by atoms with Crippen LogP contribution in [0.4, 0.5) is 0 Å². The molecule has 1 atom stereocenters. The third-order valence-corrected chi connectivity index (χ3v) is 1.86. The molecule has 0 bridgehead atoms. The molecule has 14 heavy (non-hydrogen) atoms. The van der Waals surface area contributed by atoms with E-state index in [1.165, 1.54) is 0 Å². The molecule has 0 aliphatic rings. The van der Waals surface area contributed by atoms with Crippen LogP contribution in [0.25, 0.3) is 0 Å². The molecule has 0 saturated carbocycles. The molecule has 0 amide bonds. The molecular formula is C11H13ClO2. The maximum absolute atomic E-state index is 11.4. The van der Waals surface area contributed by atoms with Gasteiger partial charge in [0.05, 0.1) is 10.9 Å². The van der Waals surface area contributed by atoms with Crippen LogP contribution >= 0.6 is 11.6 Å². The molecule has 0 fully saturated rings. The third-order valence-electron chi connectivity index (χ3n) is 1.73. The molecule has 0 aliphatic carbocycles. The molecule has 1 rings (SSSR count). The second kappa shape index (κ2) is 5.01. The zero-order chi connectivity index (χ0) is 10.6. The smallest absolute Gasteiger partial charge is 0.338 e. The van der Waals surface area contributed by atoms with Gasteiger partial charge in [-0.25, -0.2) is 4.79 Å². The van der Waals surface area contributed by atoms with Crippen molar-refractivity contribution in [1.29, 1.82) is 0 Å². The van der Waals surface area contributed by atoms with Gasteiger partial charge >= 0.3 is 5.97 Å². The first-order valence-electron chi connectivity index (χ1n) is 4.47. The molecule has 0 spiro atoms. The number of ether oxygens (including phenoxy) is 1. The maximum atomic E-state index is 11.4. The number of halogens is 1. The van der Waals surface area contributed by atoms with Gasteiger partial charge in [0.2, 0.25) is 0 Å². The predicted octanol–water partition coefficient (Wildman–Crippen LogP) is 2.78. The molecular weight excluding hydrogens is 200 g/mol. The third kappa shape index (κ3) is 3.38. The lowest BCUT2D eigenvalue weighted by molar-refractivity contribution is 0.0508. The molecule has 0 aliphatic heterocycles. The zero-order valence-corrected chi connectivity index (χ0v) is 9.04. The number of alkyl halides is 1. The van der Waals surface area contributed by atoms with Gasteiger partial charge in [0.1, 0.15) is 6.61 Å². The standard InChI is InChI=1S/C11H13ClO2/c1-8-3-5-10(6-4-8)11(13)14-7-9(2)12/h3-6,9H,7H2,1-2H3. The number of aryl methyl sites for hydroxylation is 1. The summed E-state index contributed by atoms with van der Waals surface area (Å²) in [6.45, 7) is 3.99. The van der Waals surface area contributed by atoms with Gasteiger partial charge in [0.15, 0.2) is 0 Å². The second-order valence-electron chi connectivity index (χ2n) is 3.25. The molecule has 0 N–H and O–H groups in total. The van der Waals surface area contributed by atoms with Crippen LogP contribution in [-0.2, 0) is 4.74 Å². The van der Waals surface area contributed by atoms with Gasteiger partial charge in [-0.15, -0.1) is 11.6 Å². The molecule has 3 heteroatoms. The highest BCUT2D eigenvalue weighted by Gasteiger charge is 2.07. The number of rotatable bonds is 3. The van der Waals surface area contributed by atoms with Crippen LogP contribution in [0.1, 0.15) is 22.8 Å². The molecule has 0 radical (unpaired) electrons. The van der Waals surface area contributed by atoms with Crippen molar-refractivity contribution in [1.82, 2.24) is 0 Å². The Hall–Kier alpha value is -1.02. The Morgan fingerprint density at radius 2 is 2.00 bits per heavy atom. The summed E-state index contributed by atoms with van der Waals surface area (Å²) in [5, 5.41) is -0.149. The highest BCUT2D eigenvalue weighted by molar-refractivity contribution is 6.20. The van der Waals surface area contributed by atoms with E-state index < -0.39 is 0 Å². The normalized spacial score (nSPS) is 12.2. The van der Waals surface area contributed by atoms with Gasteiger partial charge in [0.25, 0.3) is 0 Å². The van der Waals surface area contributed by atoms with Crippen LogP contribution in [0, 0.1) is 6.92 Å². The van der Waals surface area contributed by atoms with E-state index in [-0.39, 0.29) is 18.0 Å². The van der Waals surface area contributed by atoms with Crippen LogP contribution in [0.15, 0.2) is 24.3 Å². The number of hydrogen-bond acceptors (Lipinski definition) is 2. The van der Waals surface area contributed by atoms with Crippen LogP contribution in [0.5, 0.6) is 0 Å². The number of carbonyl (C=O) groups excluding carboxylic acids is 1. The lowest BCUT2D eigenvalue weighted by atomic mass is 10.1. The predicted molar refractivity (Wildman–Crippen MR) is 56.8 cm³/mol. The summed E-state index contributed by atoms with van der Waals surface area (Å²) in [7, 11) is 0. The van der Waals surface area contributed by atoms with Gasteiger partial charge in [0, 0.05) is 0 Å². The molecule has 0 saturated heterocycles. The van der Waals surface area contributed by atoms with E-state index in [1.807, 2.05) is 19.1 Å². The van der Waals surface area contributed by atoms with Crippen molar-refractivity contribution in [3.05, 3.63) is 35.4 Å². The van der Waals surface area contributed by atoms with Crippen molar-refractivity contribution in [3.63, 3.8) is 0 Å². The van der Waals surface area contributed by atoms with Crippen molar-refractivity contribution in [2.45, 2.75) is 19.2 Å². The Morgan fingerprint density at radius 3 is 2.50 bits per heavy atom. The lowest BCUT2D eigenvalue weighted by Gasteiger charge is -2.05. The monoisotopic (exact) mass is 212 g/mol. The average molecular weight is 213 g/mol. The summed E-state index contributed by atoms with van der Waals surface area (Å²) in [5.41, 5.74) is 1.68. The number of carbonyl (C=O) groups is 1. The van der Waals surface area contributed by atoms with E-state index in [4.69, 9.17) is 16.3 Å². The minimum Gasteiger partial charge on any atom is -0.461 e.